The van der Waals surface area contributed by atoms with Crippen LogP contribution in [0.15, 0.2) is 41.7 Å². The van der Waals surface area contributed by atoms with Crippen molar-refractivity contribution in [3.8, 4) is 0 Å². The van der Waals surface area contributed by atoms with Gasteiger partial charge in [-0.05, 0) is 24.6 Å². The molecule has 1 aromatic carbocycles. The first-order chi connectivity index (χ1) is 12.0. The van der Waals surface area contributed by atoms with Crippen LogP contribution in [0.25, 0.3) is 0 Å². The van der Waals surface area contributed by atoms with Gasteiger partial charge in [0.2, 0.25) is 10.0 Å². The van der Waals surface area contributed by atoms with Crippen molar-refractivity contribution in [3.63, 3.8) is 0 Å². The number of ether oxygens (including phenoxy) is 1. The lowest BCUT2D eigenvalue weighted by molar-refractivity contribution is 0.0730. The van der Waals surface area contributed by atoms with Crippen LogP contribution < -0.4 is 5.32 Å². The summed E-state index contributed by atoms with van der Waals surface area (Å²) >= 11 is 0. The third-order valence-electron chi connectivity index (χ3n) is 3.84. The molecule has 25 heavy (non-hydrogen) atoms. The highest BCUT2D eigenvalue weighted by Crippen LogP contribution is 2.22. The smallest absolute Gasteiger partial charge is 0.256 e. The van der Waals surface area contributed by atoms with Crippen molar-refractivity contribution >= 4 is 21.7 Å². The molecule has 3 rings (SSSR count). The first-order valence-electron chi connectivity index (χ1n) is 7.74. The molecule has 1 aromatic heterocycles. The number of hydrogen-bond acceptors (Lipinski definition) is 6. The summed E-state index contributed by atoms with van der Waals surface area (Å²) in [6, 6.07) is 4.60. The van der Waals surface area contributed by atoms with Gasteiger partial charge in [-0.15, -0.1) is 0 Å². The largest absolute Gasteiger partial charge is 0.379 e. The number of carbonyl (C=O) groups excluding carboxylic acids is 1. The summed E-state index contributed by atoms with van der Waals surface area (Å²) < 4.78 is 32.3. The first-order valence-corrected chi connectivity index (χ1v) is 9.18. The molecule has 2 aromatic rings. The van der Waals surface area contributed by atoms with Crippen molar-refractivity contribution in [2.45, 2.75) is 11.8 Å². The number of benzene rings is 1. The number of aromatic nitrogens is 2. The Morgan fingerprint density at radius 1 is 1.24 bits per heavy atom. The molecular weight excluding hydrogens is 344 g/mol. The lowest BCUT2D eigenvalue weighted by Gasteiger charge is -2.26. The van der Waals surface area contributed by atoms with Gasteiger partial charge in [-0.1, -0.05) is 6.07 Å². The van der Waals surface area contributed by atoms with Crippen molar-refractivity contribution in [1.29, 1.82) is 0 Å². The zero-order valence-corrected chi connectivity index (χ0v) is 14.5. The zero-order valence-electron chi connectivity index (χ0n) is 13.7. The third-order valence-corrected chi connectivity index (χ3v) is 5.88. The van der Waals surface area contributed by atoms with Gasteiger partial charge >= 0.3 is 0 Å². The van der Waals surface area contributed by atoms with Crippen molar-refractivity contribution in [2.24, 2.45) is 0 Å². The van der Waals surface area contributed by atoms with Gasteiger partial charge in [0.05, 0.1) is 24.3 Å². The van der Waals surface area contributed by atoms with E-state index in [1.54, 1.807) is 19.1 Å². The van der Waals surface area contributed by atoms with Crippen molar-refractivity contribution < 1.29 is 17.9 Å². The summed E-state index contributed by atoms with van der Waals surface area (Å²) in [5, 5.41) is 2.59. The predicted molar refractivity (Wildman–Crippen MR) is 90.7 cm³/mol. The fourth-order valence-corrected chi connectivity index (χ4v) is 4.16. The second-order valence-electron chi connectivity index (χ2n) is 5.54. The van der Waals surface area contributed by atoms with Crippen LogP contribution in [-0.2, 0) is 14.8 Å². The Kier molecular flexibility index (Phi) is 5.07. The van der Waals surface area contributed by atoms with Gasteiger partial charge in [0.15, 0.2) is 5.82 Å². The highest BCUT2D eigenvalue weighted by atomic mass is 32.2. The topological polar surface area (TPSA) is 101 Å². The molecule has 1 saturated heterocycles. The highest BCUT2D eigenvalue weighted by molar-refractivity contribution is 7.89. The van der Waals surface area contributed by atoms with Crippen LogP contribution in [0.3, 0.4) is 0 Å². The highest BCUT2D eigenvalue weighted by Gasteiger charge is 2.28. The van der Waals surface area contributed by atoms with Gasteiger partial charge in [0, 0.05) is 31.0 Å². The maximum absolute atomic E-state index is 12.9. The average Bonchev–Trinajstić information content (AvgIpc) is 2.63. The molecule has 1 aliphatic heterocycles. The monoisotopic (exact) mass is 362 g/mol. The molecule has 0 radical (unpaired) electrons. The second-order valence-corrected chi connectivity index (χ2v) is 7.45. The molecule has 0 bridgehead atoms. The summed E-state index contributed by atoms with van der Waals surface area (Å²) in [5.74, 6) is -0.149. The van der Waals surface area contributed by atoms with Crippen LogP contribution in [-0.4, -0.2) is 54.9 Å². The van der Waals surface area contributed by atoms with E-state index in [0.29, 0.717) is 37.7 Å². The molecular formula is C16H18N4O4S. The van der Waals surface area contributed by atoms with Crippen molar-refractivity contribution in [2.75, 3.05) is 31.6 Å². The predicted octanol–water partition coefficient (Wildman–Crippen LogP) is 1.06. The summed E-state index contributed by atoms with van der Waals surface area (Å²) in [6.07, 6.45) is 4.37. The number of anilines is 1. The van der Waals surface area contributed by atoms with Gasteiger partial charge in [-0.3, -0.25) is 9.78 Å². The van der Waals surface area contributed by atoms with E-state index in [0.717, 1.165) is 0 Å². The standard InChI is InChI=1S/C16H18N4O4S/c1-12-2-3-13(16(21)19-15-11-17-4-5-18-15)10-14(12)25(22,23)20-6-8-24-9-7-20/h2-5,10-11H,6-9H2,1H3,(H,18,19,21). The summed E-state index contributed by atoms with van der Waals surface area (Å²) in [6.45, 7) is 3.05. The van der Waals surface area contributed by atoms with Crippen molar-refractivity contribution in [3.05, 3.63) is 47.9 Å². The maximum atomic E-state index is 12.9. The molecule has 1 fully saturated rings. The number of carbonyl (C=O) groups is 1. The Balaban J connectivity index is 1.88. The van der Waals surface area contributed by atoms with Gasteiger partial charge < -0.3 is 10.1 Å². The molecule has 2 heterocycles. The van der Waals surface area contributed by atoms with Gasteiger partial charge in [0.25, 0.3) is 5.91 Å². The summed E-state index contributed by atoms with van der Waals surface area (Å²) in [4.78, 5) is 20.3. The minimum absolute atomic E-state index is 0.126. The minimum Gasteiger partial charge on any atom is -0.379 e. The van der Waals surface area contributed by atoms with Crippen molar-refractivity contribution in [1.82, 2.24) is 14.3 Å². The number of nitrogens with zero attached hydrogens (tertiary/aromatic N) is 3. The van der Waals surface area contributed by atoms with Gasteiger partial charge in [-0.25, -0.2) is 13.4 Å². The molecule has 0 aliphatic carbocycles. The van der Waals surface area contributed by atoms with E-state index in [9.17, 15) is 13.2 Å². The lowest BCUT2D eigenvalue weighted by Crippen LogP contribution is -2.40. The van der Waals surface area contributed by atoms with Crippen LogP contribution in [0.5, 0.6) is 0 Å². The Bertz CT molecular complexity index is 865. The lowest BCUT2D eigenvalue weighted by atomic mass is 10.1. The van der Waals surface area contributed by atoms with E-state index in [4.69, 9.17) is 4.74 Å². The molecule has 9 heteroatoms. The van der Waals surface area contributed by atoms with E-state index in [-0.39, 0.29) is 10.5 Å². The van der Waals surface area contributed by atoms with Crippen LogP contribution in [0.4, 0.5) is 5.82 Å². The molecule has 1 amide bonds. The molecule has 1 N–H and O–H groups in total. The molecule has 0 spiro atoms. The number of hydrogen-bond donors (Lipinski definition) is 1. The second kappa shape index (κ2) is 7.26. The Labute approximate surface area is 145 Å². The number of morpholine rings is 1. The number of sulfonamides is 1. The normalized spacial score (nSPS) is 15.7. The van der Waals surface area contributed by atoms with E-state index >= 15 is 0 Å². The minimum atomic E-state index is -3.68. The fraction of sp³-hybridized carbons (Fsp3) is 0.312. The van der Waals surface area contributed by atoms with E-state index in [1.165, 1.54) is 29.0 Å². The molecule has 0 saturated carbocycles. The van der Waals surface area contributed by atoms with Crippen LogP contribution in [0.1, 0.15) is 15.9 Å². The quantitative estimate of drug-likeness (QED) is 0.873. The van der Waals surface area contributed by atoms with Crippen LogP contribution >= 0.6 is 0 Å². The maximum Gasteiger partial charge on any atom is 0.256 e. The number of rotatable bonds is 4. The Morgan fingerprint density at radius 2 is 2.00 bits per heavy atom. The SMILES string of the molecule is Cc1ccc(C(=O)Nc2cnccn2)cc1S(=O)(=O)N1CCOCC1. The summed E-state index contributed by atoms with van der Waals surface area (Å²) in [7, 11) is -3.68. The van der Waals surface area contributed by atoms with E-state index in [2.05, 4.69) is 15.3 Å². The number of nitrogens with one attached hydrogen (secondary N) is 1. The molecule has 1 aliphatic rings. The molecule has 0 atom stereocenters. The Morgan fingerprint density at radius 3 is 2.68 bits per heavy atom. The van der Waals surface area contributed by atoms with E-state index < -0.39 is 15.9 Å². The Hall–Kier alpha value is -2.36. The molecule has 0 unspecified atom stereocenters. The first kappa shape index (κ1) is 17.5. The van der Waals surface area contributed by atoms with Crippen LogP contribution in [0, 0.1) is 6.92 Å². The van der Waals surface area contributed by atoms with Crippen LogP contribution in [0.2, 0.25) is 0 Å². The third kappa shape index (κ3) is 3.84. The zero-order chi connectivity index (χ0) is 17.9. The number of aryl methyl sites for hydroxylation is 1. The van der Waals surface area contributed by atoms with Gasteiger partial charge in [-0.2, -0.15) is 4.31 Å². The average molecular weight is 362 g/mol. The van der Waals surface area contributed by atoms with Gasteiger partial charge in [0.1, 0.15) is 0 Å². The fourth-order valence-electron chi connectivity index (χ4n) is 2.50. The summed E-state index contributed by atoms with van der Waals surface area (Å²) in [5.41, 5.74) is 0.825. The molecule has 132 valence electrons. The number of amides is 1. The molecule has 8 nitrogen and oxygen atoms in total. The van der Waals surface area contributed by atoms with E-state index in [1.807, 2.05) is 0 Å².